The summed E-state index contributed by atoms with van der Waals surface area (Å²) in [5, 5.41) is 0. The molecule has 1 aromatic rings. The van der Waals surface area contributed by atoms with Gasteiger partial charge >= 0.3 is 0 Å². The van der Waals surface area contributed by atoms with E-state index in [0.29, 0.717) is 13.1 Å². The minimum absolute atomic E-state index is 0.415. The molecule has 18 heavy (non-hydrogen) atoms. The normalized spacial score (nSPS) is 11.7. The predicted octanol–water partition coefficient (Wildman–Crippen LogP) is 1.76. The molecule has 0 amide bonds. The highest BCUT2D eigenvalue weighted by atomic mass is 32.2. The second-order valence-electron chi connectivity index (χ2n) is 4.34. The molecule has 4 nitrogen and oxygen atoms in total. The Labute approximate surface area is 110 Å². The van der Waals surface area contributed by atoms with Crippen LogP contribution in [0.25, 0.3) is 0 Å². The topological polar surface area (TPSA) is 58.2 Å². The monoisotopic (exact) mass is 270 g/mol. The molecular weight excluding hydrogens is 248 g/mol. The van der Waals surface area contributed by atoms with E-state index in [4.69, 9.17) is 0 Å². The Morgan fingerprint density at radius 1 is 1.06 bits per heavy atom. The van der Waals surface area contributed by atoms with Gasteiger partial charge in [0.1, 0.15) is 0 Å². The zero-order chi connectivity index (χ0) is 13.4. The van der Waals surface area contributed by atoms with Gasteiger partial charge in [0.15, 0.2) is 0 Å². The van der Waals surface area contributed by atoms with Crippen LogP contribution in [0.4, 0.5) is 0 Å². The lowest BCUT2D eigenvalue weighted by Crippen LogP contribution is -2.36. The molecular formula is C13H22N2O2S. The van der Waals surface area contributed by atoms with Gasteiger partial charge in [0.2, 0.25) is 0 Å². The lowest BCUT2D eigenvalue weighted by molar-refractivity contribution is 0.564. The fourth-order valence-electron chi connectivity index (χ4n) is 1.66. The molecule has 0 heterocycles. The van der Waals surface area contributed by atoms with Crippen molar-refractivity contribution < 1.29 is 8.42 Å². The number of benzene rings is 1. The van der Waals surface area contributed by atoms with Crippen LogP contribution < -0.4 is 9.44 Å². The maximum atomic E-state index is 11.3. The van der Waals surface area contributed by atoms with E-state index in [0.717, 1.165) is 19.3 Å². The number of nitrogens with one attached hydrogen (secondary N) is 2. The molecule has 0 atom stereocenters. The van der Waals surface area contributed by atoms with E-state index < -0.39 is 10.2 Å². The van der Waals surface area contributed by atoms with Crippen molar-refractivity contribution in [1.29, 1.82) is 0 Å². The van der Waals surface area contributed by atoms with Crippen LogP contribution in [0, 0.1) is 6.92 Å². The molecule has 0 aromatic heterocycles. The number of hydrogen-bond acceptors (Lipinski definition) is 2. The quantitative estimate of drug-likeness (QED) is 0.707. The first-order valence-electron chi connectivity index (χ1n) is 6.33. The summed E-state index contributed by atoms with van der Waals surface area (Å²) in [5.74, 6) is 0. The highest BCUT2D eigenvalue weighted by Gasteiger charge is 2.05. The van der Waals surface area contributed by atoms with Gasteiger partial charge < -0.3 is 0 Å². The van der Waals surface area contributed by atoms with Gasteiger partial charge in [-0.3, -0.25) is 0 Å². The Hall–Kier alpha value is -0.910. The Morgan fingerprint density at radius 2 is 1.72 bits per heavy atom. The third-order valence-corrected chi connectivity index (χ3v) is 3.89. The molecule has 0 aliphatic carbocycles. The molecule has 5 heteroatoms. The molecule has 0 aliphatic heterocycles. The molecule has 0 radical (unpaired) electrons. The van der Waals surface area contributed by atoms with Crippen molar-refractivity contribution in [2.24, 2.45) is 0 Å². The molecule has 0 bridgehead atoms. The van der Waals surface area contributed by atoms with E-state index in [2.05, 4.69) is 40.6 Å². The number of rotatable bonds is 8. The van der Waals surface area contributed by atoms with Gasteiger partial charge in [-0.15, -0.1) is 0 Å². The van der Waals surface area contributed by atoms with E-state index in [9.17, 15) is 8.42 Å². The van der Waals surface area contributed by atoms with Gasteiger partial charge in [-0.05, 0) is 31.7 Å². The van der Waals surface area contributed by atoms with Crippen LogP contribution >= 0.6 is 0 Å². The second-order valence-corrected chi connectivity index (χ2v) is 5.92. The van der Waals surface area contributed by atoms with E-state index in [-0.39, 0.29) is 0 Å². The summed E-state index contributed by atoms with van der Waals surface area (Å²) in [6.07, 6.45) is 2.82. The molecule has 0 aliphatic rings. The average molecular weight is 270 g/mol. The summed E-state index contributed by atoms with van der Waals surface area (Å²) < 4.78 is 27.5. The first-order chi connectivity index (χ1) is 8.53. The molecule has 2 N–H and O–H groups in total. The zero-order valence-electron chi connectivity index (χ0n) is 11.1. The van der Waals surface area contributed by atoms with Gasteiger partial charge in [-0.2, -0.15) is 8.42 Å². The first-order valence-corrected chi connectivity index (χ1v) is 7.81. The van der Waals surface area contributed by atoms with Crippen molar-refractivity contribution in [3.05, 3.63) is 35.4 Å². The summed E-state index contributed by atoms with van der Waals surface area (Å²) in [4.78, 5) is 0. The lowest BCUT2D eigenvalue weighted by Gasteiger charge is -2.06. The first kappa shape index (κ1) is 15.1. The SMILES string of the molecule is CCNS(=O)(=O)NCCCCc1ccc(C)cc1. The van der Waals surface area contributed by atoms with Crippen LogP contribution in [-0.2, 0) is 16.6 Å². The predicted molar refractivity (Wildman–Crippen MR) is 74.7 cm³/mol. The Kier molecular flexibility index (Phi) is 6.32. The summed E-state index contributed by atoms with van der Waals surface area (Å²) in [7, 11) is -3.28. The van der Waals surface area contributed by atoms with Crippen LogP contribution in [0.5, 0.6) is 0 Å². The smallest absolute Gasteiger partial charge is 0.203 e. The largest absolute Gasteiger partial charge is 0.276 e. The van der Waals surface area contributed by atoms with E-state index >= 15 is 0 Å². The summed E-state index contributed by atoms with van der Waals surface area (Å²) in [5.41, 5.74) is 2.56. The fraction of sp³-hybridized carbons (Fsp3) is 0.538. The van der Waals surface area contributed by atoms with Crippen LogP contribution in [0.15, 0.2) is 24.3 Å². The number of aryl methyl sites for hydroxylation is 2. The minimum atomic E-state index is -3.28. The van der Waals surface area contributed by atoms with Gasteiger partial charge in [0, 0.05) is 13.1 Å². The van der Waals surface area contributed by atoms with Gasteiger partial charge in [-0.1, -0.05) is 36.8 Å². The van der Waals surface area contributed by atoms with Crippen LogP contribution in [-0.4, -0.2) is 21.5 Å². The number of unbranched alkanes of at least 4 members (excludes halogenated alkanes) is 1. The minimum Gasteiger partial charge on any atom is -0.203 e. The third-order valence-electron chi connectivity index (χ3n) is 2.64. The Balaban J connectivity index is 2.18. The standard InChI is InChI=1S/C13H22N2O2S/c1-3-14-18(16,17)15-11-5-4-6-13-9-7-12(2)8-10-13/h7-10,14-15H,3-6,11H2,1-2H3. The van der Waals surface area contributed by atoms with Gasteiger partial charge in [-0.25, -0.2) is 9.44 Å². The van der Waals surface area contributed by atoms with Crippen molar-refractivity contribution in [3.8, 4) is 0 Å². The number of hydrogen-bond donors (Lipinski definition) is 2. The van der Waals surface area contributed by atoms with Crippen LogP contribution in [0.2, 0.25) is 0 Å². The molecule has 0 spiro atoms. The van der Waals surface area contributed by atoms with Crippen molar-refractivity contribution >= 4 is 10.2 Å². The maximum absolute atomic E-state index is 11.3. The average Bonchev–Trinajstić information content (AvgIpc) is 2.31. The Bertz CT molecular complexity index is 441. The molecule has 0 unspecified atom stereocenters. The van der Waals surface area contributed by atoms with Crippen molar-refractivity contribution in [2.45, 2.75) is 33.1 Å². The summed E-state index contributed by atoms with van der Waals surface area (Å²) in [6.45, 7) is 4.73. The summed E-state index contributed by atoms with van der Waals surface area (Å²) >= 11 is 0. The second kappa shape index (κ2) is 7.51. The summed E-state index contributed by atoms with van der Waals surface area (Å²) in [6, 6.07) is 8.45. The highest BCUT2D eigenvalue weighted by Crippen LogP contribution is 2.06. The van der Waals surface area contributed by atoms with E-state index in [1.54, 1.807) is 6.92 Å². The van der Waals surface area contributed by atoms with Crippen molar-refractivity contribution in [2.75, 3.05) is 13.1 Å². The van der Waals surface area contributed by atoms with Crippen LogP contribution in [0.1, 0.15) is 30.9 Å². The van der Waals surface area contributed by atoms with E-state index in [1.165, 1.54) is 11.1 Å². The van der Waals surface area contributed by atoms with Crippen molar-refractivity contribution in [1.82, 2.24) is 9.44 Å². The van der Waals surface area contributed by atoms with E-state index in [1.807, 2.05) is 0 Å². The van der Waals surface area contributed by atoms with Crippen LogP contribution in [0.3, 0.4) is 0 Å². The third kappa shape index (κ3) is 6.14. The van der Waals surface area contributed by atoms with Crippen molar-refractivity contribution in [3.63, 3.8) is 0 Å². The molecule has 0 fully saturated rings. The fourth-order valence-corrected chi connectivity index (χ4v) is 2.55. The zero-order valence-corrected chi connectivity index (χ0v) is 11.9. The molecule has 1 aromatic carbocycles. The van der Waals surface area contributed by atoms with Gasteiger partial charge in [0.05, 0.1) is 0 Å². The maximum Gasteiger partial charge on any atom is 0.276 e. The molecule has 0 saturated heterocycles. The molecule has 1 rings (SSSR count). The lowest BCUT2D eigenvalue weighted by atomic mass is 10.1. The molecule has 102 valence electrons. The molecule has 0 saturated carbocycles. The highest BCUT2D eigenvalue weighted by molar-refractivity contribution is 7.87. The Morgan fingerprint density at radius 3 is 2.33 bits per heavy atom. The van der Waals surface area contributed by atoms with Gasteiger partial charge in [0.25, 0.3) is 10.2 Å².